The van der Waals surface area contributed by atoms with Crippen LogP contribution in [0.2, 0.25) is 0 Å². The number of benzene rings is 2. The molecule has 0 bridgehead atoms. The Bertz CT molecular complexity index is 1530. The first kappa shape index (κ1) is 23.0. The van der Waals surface area contributed by atoms with E-state index in [0.29, 0.717) is 29.5 Å². The van der Waals surface area contributed by atoms with Crippen LogP contribution in [-0.4, -0.2) is 34.8 Å². The highest BCUT2D eigenvalue weighted by atomic mass is 32.2. The highest BCUT2D eigenvalue weighted by Crippen LogP contribution is 2.26. The SMILES string of the molecule is CCCCOc1ccc(S(=O)(=O)Nc2ccc(-c3ccc4nnc(-c5cccs5)n4n3)cc2)cc1. The van der Waals surface area contributed by atoms with Gasteiger partial charge in [-0.15, -0.1) is 21.5 Å². The van der Waals surface area contributed by atoms with E-state index in [-0.39, 0.29) is 4.90 Å². The van der Waals surface area contributed by atoms with E-state index in [1.807, 2.05) is 41.8 Å². The number of rotatable bonds is 9. The van der Waals surface area contributed by atoms with Crippen LogP contribution in [0.15, 0.2) is 83.1 Å². The van der Waals surface area contributed by atoms with E-state index in [2.05, 4.69) is 21.8 Å². The summed E-state index contributed by atoms with van der Waals surface area (Å²) in [6, 6.07) is 21.2. The highest BCUT2D eigenvalue weighted by Gasteiger charge is 2.15. The largest absolute Gasteiger partial charge is 0.494 e. The fourth-order valence-electron chi connectivity index (χ4n) is 3.47. The average molecular weight is 506 g/mol. The lowest BCUT2D eigenvalue weighted by Gasteiger charge is -2.10. The van der Waals surface area contributed by atoms with E-state index >= 15 is 0 Å². The predicted molar refractivity (Wildman–Crippen MR) is 137 cm³/mol. The molecule has 3 aromatic heterocycles. The van der Waals surface area contributed by atoms with Crippen molar-refractivity contribution in [1.82, 2.24) is 19.8 Å². The van der Waals surface area contributed by atoms with Gasteiger partial charge in [0, 0.05) is 11.3 Å². The third kappa shape index (κ3) is 5.03. The Hall–Kier alpha value is -3.76. The minimum Gasteiger partial charge on any atom is -0.494 e. The Morgan fingerprint density at radius 2 is 1.77 bits per heavy atom. The molecule has 0 spiro atoms. The first-order valence-corrected chi connectivity index (χ1v) is 13.5. The van der Waals surface area contributed by atoms with E-state index in [4.69, 9.17) is 9.84 Å². The standard InChI is InChI=1S/C25H23N5O3S2/c1-2-3-16-33-20-10-12-21(13-11-20)35(31,32)29-19-8-6-18(7-9-19)22-14-15-24-26-27-25(30(24)28-22)23-5-4-17-34-23/h4-15,17,29H,2-3,16H2,1H3. The summed E-state index contributed by atoms with van der Waals surface area (Å²) in [5.74, 6) is 1.34. The smallest absolute Gasteiger partial charge is 0.261 e. The van der Waals surface area contributed by atoms with Gasteiger partial charge in [-0.1, -0.05) is 31.5 Å². The predicted octanol–water partition coefficient (Wildman–Crippen LogP) is 5.50. The van der Waals surface area contributed by atoms with Gasteiger partial charge in [-0.05, 0) is 66.4 Å². The van der Waals surface area contributed by atoms with Gasteiger partial charge >= 0.3 is 0 Å². The number of anilines is 1. The van der Waals surface area contributed by atoms with Gasteiger partial charge in [-0.3, -0.25) is 4.72 Å². The van der Waals surface area contributed by atoms with Crippen LogP contribution in [0.4, 0.5) is 5.69 Å². The summed E-state index contributed by atoms with van der Waals surface area (Å²) in [4.78, 5) is 1.15. The number of hydrogen-bond donors (Lipinski definition) is 1. The summed E-state index contributed by atoms with van der Waals surface area (Å²) in [5.41, 5.74) is 2.68. The monoisotopic (exact) mass is 505 g/mol. The van der Waals surface area contributed by atoms with Crippen LogP contribution in [0.5, 0.6) is 5.75 Å². The number of nitrogens with zero attached hydrogens (tertiary/aromatic N) is 4. The summed E-state index contributed by atoms with van der Waals surface area (Å²) in [7, 11) is -3.73. The van der Waals surface area contributed by atoms with Crippen molar-refractivity contribution in [2.75, 3.05) is 11.3 Å². The normalized spacial score (nSPS) is 11.6. The molecule has 5 rings (SSSR count). The second-order valence-electron chi connectivity index (χ2n) is 7.85. The summed E-state index contributed by atoms with van der Waals surface area (Å²) >= 11 is 1.57. The molecule has 3 heterocycles. The molecule has 1 N–H and O–H groups in total. The van der Waals surface area contributed by atoms with Crippen molar-refractivity contribution < 1.29 is 13.2 Å². The van der Waals surface area contributed by atoms with Crippen LogP contribution in [0.3, 0.4) is 0 Å². The van der Waals surface area contributed by atoms with E-state index in [1.165, 1.54) is 0 Å². The molecule has 35 heavy (non-hydrogen) atoms. The van der Waals surface area contributed by atoms with Gasteiger partial charge in [0.2, 0.25) is 0 Å². The molecule has 10 heteroatoms. The maximum atomic E-state index is 12.8. The average Bonchev–Trinajstić information content (AvgIpc) is 3.54. The Morgan fingerprint density at radius 1 is 0.971 bits per heavy atom. The van der Waals surface area contributed by atoms with Gasteiger partial charge < -0.3 is 4.74 Å². The Kier molecular flexibility index (Phi) is 6.47. The van der Waals surface area contributed by atoms with Crippen molar-refractivity contribution >= 4 is 32.7 Å². The van der Waals surface area contributed by atoms with Crippen LogP contribution in [0, 0.1) is 0 Å². The minimum atomic E-state index is -3.73. The molecule has 0 saturated heterocycles. The molecular weight excluding hydrogens is 482 g/mol. The van der Waals surface area contributed by atoms with Gasteiger partial charge in [0.05, 0.1) is 22.1 Å². The minimum absolute atomic E-state index is 0.172. The second kappa shape index (κ2) is 9.85. The van der Waals surface area contributed by atoms with Crippen molar-refractivity contribution in [1.29, 1.82) is 0 Å². The Morgan fingerprint density at radius 3 is 2.49 bits per heavy atom. The Labute approximate surface area is 207 Å². The van der Waals surface area contributed by atoms with Crippen LogP contribution >= 0.6 is 11.3 Å². The molecule has 0 aliphatic heterocycles. The van der Waals surface area contributed by atoms with Crippen molar-refractivity contribution in [2.45, 2.75) is 24.7 Å². The van der Waals surface area contributed by atoms with Crippen LogP contribution in [0.25, 0.3) is 27.6 Å². The summed E-state index contributed by atoms with van der Waals surface area (Å²) < 4.78 is 35.6. The van der Waals surface area contributed by atoms with Gasteiger partial charge in [-0.2, -0.15) is 9.61 Å². The number of fused-ring (bicyclic) bond motifs is 1. The molecule has 0 aliphatic rings. The first-order valence-electron chi connectivity index (χ1n) is 11.2. The number of ether oxygens (including phenoxy) is 1. The van der Waals surface area contributed by atoms with Crippen molar-refractivity contribution in [3.8, 4) is 27.7 Å². The fraction of sp³-hybridized carbons (Fsp3) is 0.160. The summed E-state index contributed by atoms with van der Waals surface area (Å²) in [6.45, 7) is 2.70. The van der Waals surface area contributed by atoms with E-state index in [1.54, 1.807) is 52.3 Å². The molecule has 8 nitrogen and oxygen atoms in total. The fourth-order valence-corrected chi connectivity index (χ4v) is 5.23. The van der Waals surface area contributed by atoms with Gasteiger partial charge in [0.1, 0.15) is 5.75 Å². The third-order valence-electron chi connectivity index (χ3n) is 5.34. The lowest BCUT2D eigenvalue weighted by Crippen LogP contribution is -2.12. The van der Waals surface area contributed by atoms with Crippen molar-refractivity contribution in [3.05, 3.63) is 78.2 Å². The zero-order chi connectivity index (χ0) is 24.3. The number of aromatic nitrogens is 4. The molecule has 0 fully saturated rings. The molecule has 0 radical (unpaired) electrons. The second-order valence-corrected chi connectivity index (χ2v) is 10.5. The lowest BCUT2D eigenvalue weighted by molar-refractivity contribution is 0.309. The van der Waals surface area contributed by atoms with Crippen LogP contribution in [-0.2, 0) is 10.0 Å². The van der Waals surface area contributed by atoms with E-state index in [9.17, 15) is 8.42 Å². The topological polar surface area (TPSA) is 98.5 Å². The zero-order valence-corrected chi connectivity index (χ0v) is 20.6. The molecular formula is C25H23N5O3S2. The molecule has 2 aromatic carbocycles. The molecule has 0 atom stereocenters. The van der Waals surface area contributed by atoms with Crippen LogP contribution < -0.4 is 9.46 Å². The van der Waals surface area contributed by atoms with E-state index < -0.39 is 10.0 Å². The number of hydrogen-bond acceptors (Lipinski definition) is 7. The van der Waals surface area contributed by atoms with Crippen molar-refractivity contribution in [2.24, 2.45) is 0 Å². The molecule has 178 valence electrons. The molecule has 0 saturated carbocycles. The lowest BCUT2D eigenvalue weighted by atomic mass is 10.1. The van der Waals surface area contributed by atoms with Crippen LogP contribution in [0.1, 0.15) is 19.8 Å². The number of sulfonamides is 1. The summed E-state index contributed by atoms with van der Waals surface area (Å²) in [5, 5.41) is 15.1. The maximum Gasteiger partial charge on any atom is 0.261 e. The number of thiophene rings is 1. The van der Waals surface area contributed by atoms with Crippen molar-refractivity contribution in [3.63, 3.8) is 0 Å². The molecule has 0 amide bonds. The first-order chi connectivity index (χ1) is 17.0. The maximum absolute atomic E-state index is 12.8. The third-order valence-corrected chi connectivity index (χ3v) is 7.60. The quantitative estimate of drug-likeness (QED) is 0.266. The summed E-state index contributed by atoms with van der Waals surface area (Å²) in [6.07, 6.45) is 1.99. The molecule has 0 aliphatic carbocycles. The van der Waals surface area contributed by atoms with Gasteiger partial charge in [-0.25, -0.2) is 8.42 Å². The highest BCUT2D eigenvalue weighted by molar-refractivity contribution is 7.92. The number of unbranched alkanes of at least 4 members (excludes halogenated alkanes) is 1. The number of nitrogens with one attached hydrogen (secondary N) is 1. The Balaban J connectivity index is 1.32. The molecule has 0 unspecified atom stereocenters. The molecule has 5 aromatic rings. The van der Waals surface area contributed by atoms with Gasteiger partial charge in [0.15, 0.2) is 11.5 Å². The van der Waals surface area contributed by atoms with Gasteiger partial charge in [0.25, 0.3) is 10.0 Å². The zero-order valence-electron chi connectivity index (χ0n) is 19.0. The van der Waals surface area contributed by atoms with E-state index in [0.717, 1.165) is 29.0 Å².